The molecule has 150 valence electrons. The second-order valence-corrected chi connectivity index (χ2v) is 8.85. The molecule has 0 aliphatic heterocycles. The van der Waals surface area contributed by atoms with E-state index < -0.39 is 33.3 Å². The van der Waals surface area contributed by atoms with Gasteiger partial charge in [0.2, 0.25) is 0 Å². The summed E-state index contributed by atoms with van der Waals surface area (Å²) >= 11 is 0. The van der Waals surface area contributed by atoms with E-state index in [2.05, 4.69) is 20.8 Å². The molecule has 0 aromatic heterocycles. The van der Waals surface area contributed by atoms with Gasteiger partial charge in [-0.2, -0.15) is 0 Å². The second-order valence-electron chi connectivity index (χ2n) is 8.85. The lowest BCUT2D eigenvalue weighted by Gasteiger charge is -2.28. The summed E-state index contributed by atoms with van der Waals surface area (Å²) in [6.45, 7) is 8.40. The second kappa shape index (κ2) is 6.68. The monoisotopic (exact) mass is 388 g/mol. The quantitative estimate of drug-likeness (QED) is 0.316. The number of carbonyl (C=O) groups excluding carboxylic acids is 1. The highest BCUT2D eigenvalue weighted by Gasteiger charge is 2.60. The fourth-order valence-electron chi connectivity index (χ4n) is 4.47. The number of hydrogen-bond donors (Lipinski definition) is 0. The predicted molar refractivity (Wildman–Crippen MR) is 102 cm³/mol. The largest absolute Gasteiger partial charge is 0.454 e. The number of esters is 1. The zero-order valence-electron chi connectivity index (χ0n) is 16.4. The van der Waals surface area contributed by atoms with Crippen molar-refractivity contribution >= 4 is 17.3 Å². The number of nitrogens with zero attached hydrogens (tertiary/aromatic N) is 2. The summed E-state index contributed by atoms with van der Waals surface area (Å²) in [5.74, 6) is -0.333. The van der Waals surface area contributed by atoms with Gasteiger partial charge in [-0.15, -0.1) is 0 Å². The van der Waals surface area contributed by atoms with E-state index in [1.54, 1.807) is 0 Å². The Morgan fingerprint density at radius 2 is 1.68 bits per heavy atom. The van der Waals surface area contributed by atoms with Crippen molar-refractivity contribution in [3.05, 3.63) is 55.6 Å². The molecule has 0 heterocycles. The molecular formula is C20H24N2O6. The van der Waals surface area contributed by atoms with Crippen LogP contribution in [0.2, 0.25) is 0 Å². The molecule has 0 saturated heterocycles. The topological polar surface area (TPSA) is 113 Å². The number of nitro benzene ring substituents is 2. The normalized spacial score (nSPS) is 29.5. The van der Waals surface area contributed by atoms with Gasteiger partial charge in [0.25, 0.3) is 11.4 Å². The molecule has 3 rings (SSSR count). The zero-order chi connectivity index (χ0) is 20.9. The van der Waals surface area contributed by atoms with E-state index in [1.807, 2.05) is 13.0 Å². The highest BCUT2D eigenvalue weighted by molar-refractivity contribution is 5.91. The molecule has 1 aromatic rings. The Morgan fingerprint density at radius 1 is 1.11 bits per heavy atom. The van der Waals surface area contributed by atoms with Gasteiger partial charge >= 0.3 is 5.97 Å². The molecule has 0 unspecified atom stereocenters. The van der Waals surface area contributed by atoms with Gasteiger partial charge in [-0.3, -0.25) is 20.2 Å². The molecule has 2 fully saturated rings. The Bertz CT molecular complexity index is 858. The summed E-state index contributed by atoms with van der Waals surface area (Å²) in [4.78, 5) is 33.5. The van der Waals surface area contributed by atoms with Crippen molar-refractivity contribution in [3.63, 3.8) is 0 Å². The van der Waals surface area contributed by atoms with Crippen LogP contribution in [0, 0.1) is 37.0 Å². The van der Waals surface area contributed by atoms with Crippen molar-refractivity contribution < 1.29 is 19.4 Å². The van der Waals surface area contributed by atoms with Gasteiger partial charge in [0.1, 0.15) is 6.10 Å². The number of non-ortho nitro benzene ring substituents is 2. The molecule has 2 saturated carbocycles. The van der Waals surface area contributed by atoms with Gasteiger partial charge in [-0.1, -0.05) is 26.8 Å². The maximum Gasteiger partial charge on any atom is 0.339 e. The van der Waals surface area contributed by atoms with Crippen molar-refractivity contribution in [3.8, 4) is 0 Å². The third kappa shape index (κ3) is 3.63. The van der Waals surface area contributed by atoms with Crippen molar-refractivity contribution in [2.45, 2.75) is 53.1 Å². The lowest BCUT2D eigenvalue weighted by atomic mass is 9.81. The van der Waals surface area contributed by atoms with E-state index in [0.29, 0.717) is 5.92 Å². The number of ether oxygens (including phenoxy) is 1. The molecular weight excluding hydrogens is 364 g/mol. The first-order valence-corrected chi connectivity index (χ1v) is 9.27. The van der Waals surface area contributed by atoms with Gasteiger partial charge in [0, 0.05) is 17.5 Å². The van der Waals surface area contributed by atoms with Crippen LogP contribution in [0.15, 0.2) is 29.8 Å². The Labute approximate surface area is 162 Å². The van der Waals surface area contributed by atoms with Crippen molar-refractivity contribution in [2.24, 2.45) is 16.7 Å². The molecule has 0 amide bonds. The van der Waals surface area contributed by atoms with Crippen LogP contribution in [-0.2, 0) is 4.74 Å². The van der Waals surface area contributed by atoms with Gasteiger partial charge < -0.3 is 4.74 Å². The number of fused-ring (bicyclic) bond motifs is 1. The van der Waals surface area contributed by atoms with Crippen molar-refractivity contribution in [1.29, 1.82) is 0 Å². The Hall–Kier alpha value is -2.77. The highest BCUT2D eigenvalue weighted by atomic mass is 16.6. The van der Waals surface area contributed by atoms with Crippen LogP contribution in [0.5, 0.6) is 0 Å². The first-order valence-electron chi connectivity index (χ1n) is 9.27. The van der Waals surface area contributed by atoms with E-state index in [0.717, 1.165) is 43.0 Å². The molecule has 0 bridgehead atoms. The molecule has 8 heteroatoms. The minimum absolute atomic E-state index is 0.0930. The van der Waals surface area contributed by atoms with Crippen molar-refractivity contribution in [2.75, 3.05) is 0 Å². The summed E-state index contributed by atoms with van der Waals surface area (Å²) in [6, 6.07) is 2.89. The highest BCUT2D eigenvalue weighted by Crippen LogP contribution is 2.64. The van der Waals surface area contributed by atoms with Crippen molar-refractivity contribution in [1.82, 2.24) is 0 Å². The smallest absolute Gasteiger partial charge is 0.339 e. The van der Waals surface area contributed by atoms with Gasteiger partial charge in [0.05, 0.1) is 21.5 Å². The first kappa shape index (κ1) is 20.0. The maximum atomic E-state index is 12.8. The summed E-state index contributed by atoms with van der Waals surface area (Å²) in [7, 11) is 0. The van der Waals surface area contributed by atoms with Gasteiger partial charge in [0.15, 0.2) is 0 Å². The fourth-order valence-corrected chi connectivity index (χ4v) is 4.47. The van der Waals surface area contributed by atoms with Crippen LogP contribution >= 0.6 is 0 Å². The van der Waals surface area contributed by atoms with E-state index in [9.17, 15) is 25.0 Å². The van der Waals surface area contributed by atoms with E-state index >= 15 is 0 Å². The van der Waals surface area contributed by atoms with Crippen LogP contribution in [0.3, 0.4) is 0 Å². The number of hydrogen-bond acceptors (Lipinski definition) is 6. The van der Waals surface area contributed by atoms with E-state index in [-0.39, 0.29) is 16.4 Å². The van der Waals surface area contributed by atoms with E-state index in [4.69, 9.17) is 4.74 Å². The maximum absolute atomic E-state index is 12.8. The minimum Gasteiger partial charge on any atom is -0.454 e. The molecule has 28 heavy (non-hydrogen) atoms. The van der Waals surface area contributed by atoms with Crippen LogP contribution in [0.4, 0.5) is 11.4 Å². The van der Waals surface area contributed by atoms with Gasteiger partial charge in [-0.25, -0.2) is 4.79 Å². The SMILES string of the molecule is C/C=C1\CC(C)(C)C[C@H]2C[C@@]2(C)[C@H]1OC(=O)c1cc([N+](=O)[O-])cc([N+](=O)[O-])c1. The molecule has 3 atom stereocenters. The number of carbonyl (C=O) groups is 1. The number of rotatable bonds is 4. The number of benzene rings is 1. The van der Waals surface area contributed by atoms with Gasteiger partial charge in [-0.05, 0) is 43.1 Å². The van der Waals surface area contributed by atoms with Crippen LogP contribution in [0.1, 0.15) is 57.3 Å². The molecule has 1 aromatic carbocycles. The molecule has 0 spiro atoms. The summed E-state index contributed by atoms with van der Waals surface area (Å²) in [6.07, 6.45) is 4.32. The Kier molecular flexibility index (Phi) is 4.77. The van der Waals surface area contributed by atoms with Crippen LogP contribution in [-0.4, -0.2) is 21.9 Å². The average Bonchev–Trinajstić information content (AvgIpc) is 3.26. The lowest BCUT2D eigenvalue weighted by Crippen LogP contribution is -2.29. The standard InChI is InChI=1S/C20H24N2O6/c1-5-12-9-19(2,3)10-14-11-20(14,4)17(12)28-18(23)13-6-15(21(24)25)8-16(7-13)22(26)27/h5-8,14,17H,9-11H2,1-4H3/b12-5+/t14-,17-,20+/m0/s1. The van der Waals surface area contributed by atoms with Crippen LogP contribution in [0.25, 0.3) is 0 Å². The molecule has 2 aliphatic rings. The molecule has 0 N–H and O–H groups in total. The third-order valence-electron chi connectivity index (χ3n) is 6.03. The molecule has 2 aliphatic carbocycles. The summed E-state index contributed by atoms with van der Waals surface area (Å²) in [5.41, 5.74) is -0.246. The minimum atomic E-state index is -0.775. The molecule has 0 radical (unpaired) electrons. The number of allylic oxidation sites excluding steroid dienone is 1. The Morgan fingerprint density at radius 3 is 2.18 bits per heavy atom. The summed E-state index contributed by atoms with van der Waals surface area (Å²) in [5, 5.41) is 22.2. The lowest BCUT2D eigenvalue weighted by molar-refractivity contribution is -0.394. The zero-order valence-corrected chi connectivity index (χ0v) is 16.4. The Balaban J connectivity index is 1.94. The third-order valence-corrected chi connectivity index (χ3v) is 6.03. The van der Waals surface area contributed by atoms with E-state index in [1.165, 1.54) is 0 Å². The fraction of sp³-hybridized carbons (Fsp3) is 0.550. The summed E-state index contributed by atoms with van der Waals surface area (Å²) < 4.78 is 5.83. The first-order chi connectivity index (χ1) is 13.0. The average molecular weight is 388 g/mol. The molecule has 8 nitrogen and oxygen atoms in total. The predicted octanol–water partition coefficient (Wildman–Crippen LogP) is 4.82. The number of nitro groups is 2. The van der Waals surface area contributed by atoms with Crippen LogP contribution < -0.4 is 0 Å².